The smallest absolute Gasteiger partial charge is 0.119 e. The summed E-state index contributed by atoms with van der Waals surface area (Å²) in [4.78, 5) is 0. The van der Waals surface area contributed by atoms with Crippen molar-refractivity contribution in [2.75, 3.05) is 0 Å². The molecule has 3 nitrogen and oxygen atoms in total. The van der Waals surface area contributed by atoms with Gasteiger partial charge in [-0.1, -0.05) is 0 Å². The van der Waals surface area contributed by atoms with E-state index >= 15 is 0 Å². The van der Waals surface area contributed by atoms with Crippen molar-refractivity contribution in [3.8, 4) is 17.9 Å². The topological polar surface area (TPSA) is 56.8 Å². The molecule has 3 heteroatoms. The molecule has 0 saturated carbocycles. The number of nitriles is 2. The van der Waals surface area contributed by atoms with Gasteiger partial charge < -0.3 is 4.74 Å². The first-order chi connectivity index (χ1) is 6.76. The van der Waals surface area contributed by atoms with Crippen LogP contribution in [-0.2, 0) is 0 Å². The number of hydrogen-bond donors (Lipinski definition) is 0. The van der Waals surface area contributed by atoms with E-state index in [2.05, 4.69) is 0 Å². The van der Waals surface area contributed by atoms with E-state index in [1.165, 1.54) is 0 Å². The molecule has 0 aliphatic carbocycles. The zero-order valence-electron chi connectivity index (χ0n) is 7.90. The molecule has 0 N–H and O–H groups in total. The standard InChI is InChI=1S/C11H10N2O/c1-9(6-7-12)14-11-4-2-10(8-13)3-5-11/h2-5,9H,6H2,1H3. The fraction of sp³-hybridized carbons (Fsp3) is 0.273. The summed E-state index contributed by atoms with van der Waals surface area (Å²) in [6.07, 6.45) is 0.243. The van der Waals surface area contributed by atoms with Crippen LogP contribution in [0.1, 0.15) is 18.9 Å². The molecular weight excluding hydrogens is 176 g/mol. The molecule has 0 spiro atoms. The van der Waals surface area contributed by atoms with Crippen LogP contribution in [0, 0.1) is 22.7 Å². The van der Waals surface area contributed by atoms with Gasteiger partial charge in [0.25, 0.3) is 0 Å². The number of nitrogens with zero attached hydrogens (tertiary/aromatic N) is 2. The van der Waals surface area contributed by atoms with Crippen molar-refractivity contribution < 1.29 is 4.74 Å². The van der Waals surface area contributed by atoms with Gasteiger partial charge in [0.05, 0.1) is 24.1 Å². The van der Waals surface area contributed by atoms with E-state index in [1.54, 1.807) is 24.3 Å². The van der Waals surface area contributed by atoms with Gasteiger partial charge in [0.15, 0.2) is 0 Å². The van der Waals surface area contributed by atoms with Crippen LogP contribution in [0.5, 0.6) is 5.75 Å². The second kappa shape index (κ2) is 4.89. The van der Waals surface area contributed by atoms with Crippen LogP contribution in [0.4, 0.5) is 0 Å². The van der Waals surface area contributed by atoms with Gasteiger partial charge in [-0.05, 0) is 31.2 Å². The van der Waals surface area contributed by atoms with Gasteiger partial charge in [0.2, 0.25) is 0 Å². The van der Waals surface area contributed by atoms with Gasteiger partial charge >= 0.3 is 0 Å². The molecule has 0 amide bonds. The van der Waals surface area contributed by atoms with Crippen molar-refractivity contribution >= 4 is 0 Å². The molecule has 1 aromatic carbocycles. The lowest BCUT2D eigenvalue weighted by atomic mass is 10.2. The Morgan fingerprint density at radius 1 is 1.29 bits per heavy atom. The van der Waals surface area contributed by atoms with Gasteiger partial charge in [-0.25, -0.2) is 0 Å². The minimum absolute atomic E-state index is 0.118. The molecule has 0 radical (unpaired) electrons. The summed E-state index contributed by atoms with van der Waals surface area (Å²) in [5.74, 6) is 0.687. The normalized spacial score (nSPS) is 11.1. The van der Waals surface area contributed by atoms with Gasteiger partial charge in [0, 0.05) is 0 Å². The highest BCUT2D eigenvalue weighted by molar-refractivity contribution is 5.34. The zero-order chi connectivity index (χ0) is 10.4. The Kier molecular flexibility index (Phi) is 3.52. The minimum atomic E-state index is -0.118. The summed E-state index contributed by atoms with van der Waals surface area (Å²) in [6, 6.07) is 10.9. The molecule has 0 aliphatic rings. The van der Waals surface area contributed by atoms with Gasteiger partial charge in [-0.15, -0.1) is 0 Å². The third-order valence-corrected chi connectivity index (χ3v) is 1.70. The molecule has 1 aromatic rings. The summed E-state index contributed by atoms with van der Waals surface area (Å²) in [7, 11) is 0. The Morgan fingerprint density at radius 3 is 2.43 bits per heavy atom. The fourth-order valence-corrected chi connectivity index (χ4v) is 1.01. The van der Waals surface area contributed by atoms with Crippen LogP contribution in [0.3, 0.4) is 0 Å². The summed E-state index contributed by atoms with van der Waals surface area (Å²) in [5, 5.41) is 17.0. The van der Waals surface area contributed by atoms with Crippen LogP contribution in [0.2, 0.25) is 0 Å². The second-order valence-electron chi connectivity index (χ2n) is 2.93. The first-order valence-corrected chi connectivity index (χ1v) is 4.30. The zero-order valence-corrected chi connectivity index (χ0v) is 7.90. The van der Waals surface area contributed by atoms with E-state index in [1.807, 2.05) is 19.1 Å². The maximum absolute atomic E-state index is 8.56. The summed E-state index contributed by atoms with van der Waals surface area (Å²) in [6.45, 7) is 1.83. The highest BCUT2D eigenvalue weighted by atomic mass is 16.5. The van der Waals surface area contributed by atoms with Gasteiger partial charge in [-0.3, -0.25) is 0 Å². The molecule has 14 heavy (non-hydrogen) atoms. The molecular formula is C11H10N2O. The van der Waals surface area contributed by atoms with Crippen molar-refractivity contribution in [1.29, 1.82) is 10.5 Å². The first kappa shape index (κ1) is 10.1. The maximum atomic E-state index is 8.56. The summed E-state index contributed by atoms with van der Waals surface area (Å²) < 4.78 is 5.42. The van der Waals surface area contributed by atoms with Gasteiger partial charge in [0.1, 0.15) is 11.9 Å². The summed E-state index contributed by atoms with van der Waals surface area (Å²) in [5.41, 5.74) is 0.602. The first-order valence-electron chi connectivity index (χ1n) is 4.30. The predicted octanol–water partition coefficient (Wildman–Crippen LogP) is 2.24. The highest BCUT2D eigenvalue weighted by Gasteiger charge is 2.02. The van der Waals surface area contributed by atoms with Crippen LogP contribution in [0.25, 0.3) is 0 Å². The molecule has 70 valence electrons. The molecule has 0 aliphatic heterocycles. The molecule has 0 aromatic heterocycles. The Balaban J connectivity index is 2.61. The molecule has 0 heterocycles. The molecule has 1 atom stereocenters. The molecule has 0 bridgehead atoms. The molecule has 1 unspecified atom stereocenters. The summed E-state index contributed by atoms with van der Waals surface area (Å²) >= 11 is 0. The van der Waals surface area contributed by atoms with Crippen molar-refractivity contribution in [2.45, 2.75) is 19.4 Å². The van der Waals surface area contributed by atoms with E-state index in [-0.39, 0.29) is 6.10 Å². The highest BCUT2D eigenvalue weighted by Crippen LogP contribution is 2.14. The third-order valence-electron chi connectivity index (χ3n) is 1.70. The lowest BCUT2D eigenvalue weighted by Crippen LogP contribution is -2.10. The number of hydrogen-bond acceptors (Lipinski definition) is 3. The van der Waals surface area contributed by atoms with E-state index < -0.39 is 0 Å². The number of rotatable bonds is 3. The largest absolute Gasteiger partial charge is 0.490 e. The van der Waals surface area contributed by atoms with Crippen LogP contribution in [-0.4, -0.2) is 6.10 Å². The van der Waals surface area contributed by atoms with Crippen molar-refractivity contribution in [3.63, 3.8) is 0 Å². The number of benzene rings is 1. The fourth-order valence-electron chi connectivity index (χ4n) is 1.01. The Bertz CT molecular complexity index is 370. The Labute approximate surface area is 83.2 Å². The van der Waals surface area contributed by atoms with Crippen LogP contribution in [0.15, 0.2) is 24.3 Å². The lowest BCUT2D eigenvalue weighted by Gasteiger charge is -2.10. The average Bonchev–Trinajstić information content (AvgIpc) is 2.19. The second-order valence-corrected chi connectivity index (χ2v) is 2.93. The van der Waals surface area contributed by atoms with Crippen LogP contribution < -0.4 is 4.74 Å². The van der Waals surface area contributed by atoms with Crippen LogP contribution >= 0.6 is 0 Å². The Morgan fingerprint density at radius 2 is 1.93 bits per heavy atom. The minimum Gasteiger partial charge on any atom is -0.490 e. The van der Waals surface area contributed by atoms with Crippen molar-refractivity contribution in [3.05, 3.63) is 29.8 Å². The average molecular weight is 186 g/mol. The number of ether oxygens (including phenoxy) is 1. The van der Waals surface area contributed by atoms with E-state index in [4.69, 9.17) is 15.3 Å². The monoisotopic (exact) mass is 186 g/mol. The molecule has 0 fully saturated rings. The van der Waals surface area contributed by atoms with E-state index in [0.29, 0.717) is 17.7 Å². The molecule has 0 saturated heterocycles. The quantitative estimate of drug-likeness (QED) is 0.727. The maximum Gasteiger partial charge on any atom is 0.119 e. The SMILES string of the molecule is CC(CC#N)Oc1ccc(C#N)cc1. The van der Waals surface area contributed by atoms with Crippen molar-refractivity contribution in [2.24, 2.45) is 0 Å². The van der Waals surface area contributed by atoms with E-state index in [0.717, 1.165) is 0 Å². The van der Waals surface area contributed by atoms with Crippen molar-refractivity contribution in [1.82, 2.24) is 0 Å². The Hall–Kier alpha value is -2.00. The van der Waals surface area contributed by atoms with E-state index in [9.17, 15) is 0 Å². The van der Waals surface area contributed by atoms with Gasteiger partial charge in [-0.2, -0.15) is 10.5 Å². The third kappa shape index (κ3) is 2.80. The molecule has 1 rings (SSSR count). The lowest BCUT2D eigenvalue weighted by molar-refractivity contribution is 0.227. The predicted molar refractivity (Wildman–Crippen MR) is 51.5 cm³/mol.